The van der Waals surface area contributed by atoms with Crippen LogP contribution in [-0.4, -0.2) is 10.9 Å². The van der Waals surface area contributed by atoms with E-state index in [1.165, 1.54) is 5.39 Å². The van der Waals surface area contributed by atoms with Crippen molar-refractivity contribution in [3.8, 4) is 0 Å². The summed E-state index contributed by atoms with van der Waals surface area (Å²) in [6, 6.07) is 27.4. The Morgan fingerprint density at radius 1 is 0.786 bits per heavy atom. The van der Waals surface area contributed by atoms with E-state index in [-0.39, 0.29) is 5.78 Å². The van der Waals surface area contributed by atoms with Crippen LogP contribution in [0.15, 0.2) is 89.4 Å². The molecule has 4 aromatic rings. The van der Waals surface area contributed by atoms with Crippen molar-refractivity contribution < 1.29 is 9.90 Å². The molecule has 136 valence electrons. The van der Waals surface area contributed by atoms with Gasteiger partial charge in [-0.25, -0.2) is 0 Å². The van der Waals surface area contributed by atoms with Crippen molar-refractivity contribution in [2.45, 2.75) is 12.0 Å². The molecule has 0 bridgehead atoms. The Morgan fingerprint density at radius 3 is 2.36 bits per heavy atom. The van der Waals surface area contributed by atoms with Crippen LogP contribution in [0.3, 0.4) is 0 Å². The van der Waals surface area contributed by atoms with E-state index in [2.05, 4.69) is 46.3 Å². The Bertz CT molecular complexity index is 1240. The van der Waals surface area contributed by atoms with Crippen LogP contribution < -0.4 is 0 Å². The first-order valence-corrected chi connectivity index (χ1v) is 10.0. The highest BCUT2D eigenvalue weighted by atomic mass is 79.9. The average molecular weight is 429 g/mol. The van der Waals surface area contributed by atoms with Gasteiger partial charge in [-0.2, -0.15) is 0 Å². The van der Waals surface area contributed by atoms with Crippen molar-refractivity contribution in [3.05, 3.63) is 117 Å². The van der Waals surface area contributed by atoms with Gasteiger partial charge in [0.15, 0.2) is 5.78 Å². The third kappa shape index (κ3) is 2.55. The zero-order chi connectivity index (χ0) is 19.3. The lowest BCUT2D eigenvalue weighted by Gasteiger charge is -2.36. The Hall–Kier alpha value is -2.75. The van der Waals surface area contributed by atoms with Crippen LogP contribution >= 0.6 is 15.9 Å². The highest BCUT2D eigenvalue weighted by Gasteiger charge is 2.42. The van der Waals surface area contributed by atoms with E-state index >= 15 is 0 Å². The highest BCUT2D eigenvalue weighted by Crippen LogP contribution is 2.44. The first kappa shape index (κ1) is 17.4. The predicted octanol–water partition coefficient (Wildman–Crippen LogP) is 5.63. The van der Waals surface area contributed by atoms with Crippen molar-refractivity contribution >= 4 is 32.5 Å². The van der Waals surface area contributed by atoms with Gasteiger partial charge in [0, 0.05) is 27.6 Å². The van der Waals surface area contributed by atoms with Gasteiger partial charge in [-0.05, 0) is 28.0 Å². The minimum absolute atomic E-state index is 0.0544. The standard InChI is InChI=1S/C25H17BrO2/c26-22-11-5-10-21-23(22)24(27)19-8-3-4-9-20(19)25(21,28)15-16-12-13-17-6-1-2-7-18(17)14-16/h1-14,28H,15H2. The fourth-order valence-electron chi connectivity index (χ4n) is 4.26. The van der Waals surface area contributed by atoms with Gasteiger partial charge in [0.2, 0.25) is 0 Å². The number of carbonyl (C=O) groups is 1. The third-order valence-electron chi connectivity index (χ3n) is 5.58. The lowest BCUT2D eigenvalue weighted by atomic mass is 9.71. The van der Waals surface area contributed by atoms with Crippen LogP contribution in [0.25, 0.3) is 10.8 Å². The summed E-state index contributed by atoms with van der Waals surface area (Å²) in [4.78, 5) is 13.1. The van der Waals surface area contributed by atoms with Crippen LogP contribution in [0.5, 0.6) is 0 Å². The Balaban J connectivity index is 1.72. The Kier molecular flexibility index (Phi) is 3.97. The minimum Gasteiger partial charge on any atom is -0.380 e. The number of carbonyl (C=O) groups excluding carboxylic acids is 1. The molecule has 0 amide bonds. The first-order chi connectivity index (χ1) is 13.6. The first-order valence-electron chi connectivity index (χ1n) is 9.21. The van der Waals surface area contributed by atoms with E-state index in [1.807, 2.05) is 48.5 Å². The molecule has 1 aliphatic carbocycles. The molecule has 0 heterocycles. The van der Waals surface area contributed by atoms with Crippen LogP contribution in [0.2, 0.25) is 0 Å². The molecule has 3 heteroatoms. The van der Waals surface area contributed by atoms with Crippen molar-refractivity contribution in [2.75, 3.05) is 0 Å². The van der Waals surface area contributed by atoms with Gasteiger partial charge in [-0.3, -0.25) is 4.79 Å². The van der Waals surface area contributed by atoms with Gasteiger partial charge in [0.1, 0.15) is 5.60 Å². The zero-order valence-electron chi connectivity index (χ0n) is 15.0. The number of hydrogen-bond acceptors (Lipinski definition) is 2. The maximum Gasteiger partial charge on any atom is 0.194 e. The summed E-state index contributed by atoms with van der Waals surface area (Å²) in [5.41, 5.74) is 2.18. The molecule has 0 aromatic heterocycles. The molecule has 2 nitrogen and oxygen atoms in total. The summed E-state index contributed by atoms with van der Waals surface area (Å²) >= 11 is 3.51. The van der Waals surface area contributed by atoms with Crippen molar-refractivity contribution in [1.29, 1.82) is 0 Å². The van der Waals surface area contributed by atoms with Crippen molar-refractivity contribution in [3.63, 3.8) is 0 Å². The quantitative estimate of drug-likeness (QED) is 0.449. The number of rotatable bonds is 2. The molecule has 5 rings (SSSR count). The number of aliphatic hydroxyl groups is 1. The van der Waals surface area contributed by atoms with E-state index in [4.69, 9.17) is 0 Å². The van der Waals surface area contributed by atoms with Gasteiger partial charge >= 0.3 is 0 Å². The van der Waals surface area contributed by atoms with Gasteiger partial charge in [-0.1, -0.05) is 94.8 Å². The highest BCUT2D eigenvalue weighted by molar-refractivity contribution is 9.10. The molecule has 1 atom stereocenters. The lowest BCUT2D eigenvalue weighted by Crippen LogP contribution is -2.37. The topological polar surface area (TPSA) is 37.3 Å². The second kappa shape index (κ2) is 6.40. The summed E-state index contributed by atoms with van der Waals surface area (Å²) in [6.07, 6.45) is 0.394. The second-order valence-electron chi connectivity index (χ2n) is 7.26. The van der Waals surface area contributed by atoms with Gasteiger partial charge in [0.05, 0.1) is 0 Å². The monoisotopic (exact) mass is 428 g/mol. The smallest absolute Gasteiger partial charge is 0.194 e. The molecule has 0 saturated carbocycles. The Morgan fingerprint density at radius 2 is 1.50 bits per heavy atom. The van der Waals surface area contributed by atoms with E-state index in [9.17, 15) is 9.90 Å². The summed E-state index contributed by atoms with van der Waals surface area (Å²) < 4.78 is 0.710. The molecule has 0 radical (unpaired) electrons. The average Bonchev–Trinajstić information content (AvgIpc) is 2.72. The van der Waals surface area contributed by atoms with Crippen LogP contribution in [0.1, 0.15) is 32.6 Å². The normalized spacial score (nSPS) is 18.0. The van der Waals surface area contributed by atoms with E-state index < -0.39 is 5.60 Å². The molecule has 0 spiro atoms. The molecule has 4 aromatic carbocycles. The molecule has 1 unspecified atom stereocenters. The van der Waals surface area contributed by atoms with Crippen molar-refractivity contribution in [1.82, 2.24) is 0 Å². The van der Waals surface area contributed by atoms with Gasteiger partial charge in [0.25, 0.3) is 0 Å². The lowest BCUT2D eigenvalue weighted by molar-refractivity contribution is 0.0720. The molecule has 0 saturated heterocycles. The number of ketones is 1. The fraction of sp³-hybridized carbons (Fsp3) is 0.0800. The number of halogens is 1. The van der Waals surface area contributed by atoms with E-state index in [0.717, 1.165) is 10.9 Å². The summed E-state index contributed by atoms with van der Waals surface area (Å²) in [7, 11) is 0. The molecular weight excluding hydrogens is 412 g/mol. The molecular formula is C25H17BrO2. The zero-order valence-corrected chi connectivity index (χ0v) is 16.6. The number of benzene rings is 4. The number of fused-ring (bicyclic) bond motifs is 3. The van der Waals surface area contributed by atoms with Crippen molar-refractivity contribution in [2.24, 2.45) is 0 Å². The molecule has 1 N–H and O–H groups in total. The maximum atomic E-state index is 13.1. The molecule has 28 heavy (non-hydrogen) atoms. The summed E-state index contributed by atoms with van der Waals surface area (Å²) in [6.45, 7) is 0. The van der Waals surface area contributed by atoms with Crippen LogP contribution in [0, 0.1) is 0 Å². The van der Waals surface area contributed by atoms with Crippen LogP contribution in [-0.2, 0) is 12.0 Å². The molecule has 0 fully saturated rings. The molecule has 1 aliphatic rings. The molecule has 0 aliphatic heterocycles. The van der Waals surface area contributed by atoms with Gasteiger partial charge < -0.3 is 5.11 Å². The SMILES string of the molecule is O=C1c2ccccc2C(O)(Cc2ccc3ccccc3c2)c2cccc(Br)c21. The summed E-state index contributed by atoms with van der Waals surface area (Å²) in [5.74, 6) is -0.0544. The van der Waals surface area contributed by atoms with Crippen LogP contribution in [0.4, 0.5) is 0 Å². The minimum atomic E-state index is -1.27. The predicted molar refractivity (Wildman–Crippen MR) is 115 cm³/mol. The summed E-state index contributed by atoms with van der Waals surface area (Å²) in [5, 5.41) is 14.3. The third-order valence-corrected chi connectivity index (χ3v) is 6.24. The van der Waals surface area contributed by atoms with E-state index in [1.54, 1.807) is 6.07 Å². The Labute approximate surface area is 171 Å². The van der Waals surface area contributed by atoms with Gasteiger partial charge in [-0.15, -0.1) is 0 Å². The largest absolute Gasteiger partial charge is 0.380 e. The van der Waals surface area contributed by atoms with E-state index in [0.29, 0.717) is 33.1 Å². The second-order valence-corrected chi connectivity index (χ2v) is 8.11. The maximum absolute atomic E-state index is 13.1. The fourth-order valence-corrected chi connectivity index (χ4v) is 4.80. The number of hydrogen-bond donors (Lipinski definition) is 1.